The standard InChI is InChI=1S/C18H30N2O3/c1-6-7-10-22-17-11-14(19)8-9-15(17)18(21)23-12-16(13(2)3)20(4)5/h8-9,11,13,16H,6-7,10,12,19H2,1-5H3/t16-/m1/s1. The Bertz CT molecular complexity index is 493. The second-order valence-corrected chi connectivity index (χ2v) is 6.33. The lowest BCUT2D eigenvalue weighted by molar-refractivity contribution is 0.0346. The lowest BCUT2D eigenvalue weighted by Gasteiger charge is -2.27. The van der Waals surface area contributed by atoms with Crippen molar-refractivity contribution in [2.45, 2.75) is 39.7 Å². The molecule has 0 bridgehead atoms. The van der Waals surface area contributed by atoms with Gasteiger partial charge in [-0.3, -0.25) is 0 Å². The van der Waals surface area contributed by atoms with E-state index >= 15 is 0 Å². The third-order valence-corrected chi connectivity index (χ3v) is 3.80. The summed E-state index contributed by atoms with van der Waals surface area (Å²) in [5, 5.41) is 0. The molecule has 0 saturated carbocycles. The number of benzene rings is 1. The summed E-state index contributed by atoms with van der Waals surface area (Å²) in [5.74, 6) is 0.517. The molecule has 23 heavy (non-hydrogen) atoms. The van der Waals surface area contributed by atoms with Gasteiger partial charge in [0.2, 0.25) is 0 Å². The lowest BCUT2D eigenvalue weighted by atomic mass is 10.0. The molecule has 0 spiro atoms. The van der Waals surface area contributed by atoms with Crippen molar-refractivity contribution >= 4 is 11.7 Å². The summed E-state index contributed by atoms with van der Waals surface area (Å²) in [6.45, 7) is 7.22. The minimum Gasteiger partial charge on any atom is -0.493 e. The van der Waals surface area contributed by atoms with Gasteiger partial charge in [-0.25, -0.2) is 4.79 Å². The summed E-state index contributed by atoms with van der Waals surface area (Å²) in [4.78, 5) is 14.5. The van der Waals surface area contributed by atoms with E-state index in [2.05, 4.69) is 25.7 Å². The fraction of sp³-hybridized carbons (Fsp3) is 0.611. The lowest BCUT2D eigenvalue weighted by Crippen LogP contribution is -2.37. The number of likely N-dealkylation sites (N-methyl/N-ethyl adjacent to an activating group) is 1. The van der Waals surface area contributed by atoms with Gasteiger partial charge in [-0.1, -0.05) is 27.2 Å². The van der Waals surface area contributed by atoms with Crippen LogP contribution >= 0.6 is 0 Å². The van der Waals surface area contributed by atoms with Gasteiger partial charge in [0.15, 0.2) is 0 Å². The smallest absolute Gasteiger partial charge is 0.341 e. The van der Waals surface area contributed by atoms with Gasteiger partial charge in [-0.05, 0) is 38.6 Å². The Kier molecular flexibility index (Phi) is 7.89. The van der Waals surface area contributed by atoms with Crippen molar-refractivity contribution < 1.29 is 14.3 Å². The van der Waals surface area contributed by atoms with Crippen LogP contribution in [0.4, 0.5) is 5.69 Å². The predicted molar refractivity (Wildman–Crippen MR) is 93.9 cm³/mol. The van der Waals surface area contributed by atoms with E-state index in [-0.39, 0.29) is 12.0 Å². The molecule has 2 N–H and O–H groups in total. The average Bonchev–Trinajstić information content (AvgIpc) is 2.47. The molecule has 0 aliphatic heterocycles. The summed E-state index contributed by atoms with van der Waals surface area (Å²) >= 11 is 0. The van der Waals surface area contributed by atoms with E-state index in [0.717, 1.165) is 12.8 Å². The van der Waals surface area contributed by atoms with Gasteiger partial charge in [0.05, 0.1) is 6.61 Å². The molecule has 1 rings (SSSR count). The van der Waals surface area contributed by atoms with Gasteiger partial charge in [0.1, 0.15) is 17.9 Å². The number of esters is 1. The van der Waals surface area contributed by atoms with Crippen LogP contribution in [0.15, 0.2) is 18.2 Å². The zero-order valence-electron chi connectivity index (χ0n) is 15.0. The summed E-state index contributed by atoms with van der Waals surface area (Å²) in [7, 11) is 3.97. The minimum absolute atomic E-state index is 0.178. The molecule has 0 radical (unpaired) electrons. The first-order valence-corrected chi connectivity index (χ1v) is 8.22. The highest BCUT2D eigenvalue weighted by atomic mass is 16.5. The molecule has 130 valence electrons. The maximum absolute atomic E-state index is 12.4. The maximum atomic E-state index is 12.4. The Hall–Kier alpha value is -1.75. The van der Waals surface area contributed by atoms with Gasteiger partial charge < -0.3 is 20.1 Å². The quantitative estimate of drug-likeness (QED) is 0.430. The first-order chi connectivity index (χ1) is 10.9. The van der Waals surface area contributed by atoms with Crippen molar-refractivity contribution in [2.75, 3.05) is 33.0 Å². The fourth-order valence-electron chi connectivity index (χ4n) is 2.33. The molecule has 1 atom stereocenters. The molecule has 0 saturated heterocycles. The van der Waals surface area contributed by atoms with E-state index in [0.29, 0.717) is 36.1 Å². The molecule has 1 aromatic carbocycles. The Morgan fingerprint density at radius 2 is 2.00 bits per heavy atom. The van der Waals surface area contributed by atoms with Crippen molar-refractivity contribution in [2.24, 2.45) is 5.92 Å². The molecule has 5 heteroatoms. The average molecular weight is 322 g/mol. The van der Waals surface area contributed by atoms with Crippen LogP contribution in [-0.2, 0) is 4.74 Å². The number of hydrogen-bond acceptors (Lipinski definition) is 5. The number of unbranched alkanes of at least 4 members (excludes halogenated alkanes) is 1. The van der Waals surface area contributed by atoms with Gasteiger partial charge in [0, 0.05) is 17.8 Å². The Balaban J connectivity index is 2.78. The fourth-order valence-corrected chi connectivity index (χ4v) is 2.33. The van der Waals surface area contributed by atoms with Crippen molar-refractivity contribution in [3.8, 4) is 5.75 Å². The van der Waals surface area contributed by atoms with Crippen LogP contribution in [-0.4, -0.2) is 44.2 Å². The number of anilines is 1. The van der Waals surface area contributed by atoms with E-state index in [1.807, 2.05) is 14.1 Å². The number of ether oxygens (including phenoxy) is 2. The van der Waals surface area contributed by atoms with Crippen molar-refractivity contribution in [1.29, 1.82) is 0 Å². The first kappa shape index (κ1) is 19.3. The molecule has 0 fully saturated rings. The summed E-state index contributed by atoms with van der Waals surface area (Å²) < 4.78 is 11.2. The van der Waals surface area contributed by atoms with Gasteiger partial charge in [-0.15, -0.1) is 0 Å². The zero-order valence-corrected chi connectivity index (χ0v) is 15.0. The molecule has 0 heterocycles. The van der Waals surface area contributed by atoms with E-state index in [9.17, 15) is 4.79 Å². The van der Waals surface area contributed by atoms with Gasteiger partial charge >= 0.3 is 5.97 Å². The summed E-state index contributed by atoms with van der Waals surface area (Å²) in [5.41, 5.74) is 6.79. The third kappa shape index (κ3) is 6.10. The van der Waals surface area contributed by atoms with Crippen LogP contribution in [0.5, 0.6) is 5.75 Å². The monoisotopic (exact) mass is 322 g/mol. The number of nitrogens with zero attached hydrogens (tertiary/aromatic N) is 1. The topological polar surface area (TPSA) is 64.8 Å². The maximum Gasteiger partial charge on any atom is 0.341 e. The van der Waals surface area contributed by atoms with Gasteiger partial charge in [-0.2, -0.15) is 0 Å². The van der Waals surface area contributed by atoms with Crippen molar-refractivity contribution in [3.63, 3.8) is 0 Å². The van der Waals surface area contributed by atoms with Gasteiger partial charge in [0.25, 0.3) is 0 Å². The molecule has 0 aliphatic carbocycles. The molecule has 1 aromatic rings. The highest BCUT2D eigenvalue weighted by Crippen LogP contribution is 2.23. The van der Waals surface area contributed by atoms with Crippen LogP contribution in [0.1, 0.15) is 44.0 Å². The molecular weight excluding hydrogens is 292 g/mol. The molecule has 0 aliphatic rings. The Morgan fingerprint density at radius 1 is 1.30 bits per heavy atom. The minimum atomic E-state index is -0.371. The number of nitrogen functional groups attached to an aromatic ring is 1. The van der Waals surface area contributed by atoms with Crippen LogP contribution in [0.3, 0.4) is 0 Å². The Labute approximate surface area is 139 Å². The second kappa shape index (κ2) is 9.40. The second-order valence-electron chi connectivity index (χ2n) is 6.33. The molecule has 0 aromatic heterocycles. The molecule has 0 unspecified atom stereocenters. The molecular formula is C18H30N2O3. The normalized spacial score (nSPS) is 12.5. The first-order valence-electron chi connectivity index (χ1n) is 8.22. The number of hydrogen-bond donors (Lipinski definition) is 1. The number of rotatable bonds is 9. The highest BCUT2D eigenvalue weighted by molar-refractivity contribution is 5.93. The van der Waals surface area contributed by atoms with Crippen molar-refractivity contribution in [1.82, 2.24) is 4.90 Å². The van der Waals surface area contributed by atoms with Crippen LogP contribution in [0.2, 0.25) is 0 Å². The molecule has 0 amide bonds. The zero-order chi connectivity index (χ0) is 17.4. The summed E-state index contributed by atoms with van der Waals surface area (Å²) in [6, 6.07) is 5.21. The van der Waals surface area contributed by atoms with E-state index < -0.39 is 0 Å². The molecule has 5 nitrogen and oxygen atoms in total. The van der Waals surface area contributed by atoms with Crippen molar-refractivity contribution in [3.05, 3.63) is 23.8 Å². The van der Waals surface area contributed by atoms with Crippen LogP contribution < -0.4 is 10.5 Å². The number of carbonyl (C=O) groups is 1. The largest absolute Gasteiger partial charge is 0.493 e. The van der Waals surface area contributed by atoms with Crippen LogP contribution in [0.25, 0.3) is 0 Å². The summed E-state index contributed by atoms with van der Waals surface area (Å²) in [6.07, 6.45) is 1.96. The SMILES string of the molecule is CCCCOc1cc(N)ccc1C(=O)OC[C@H](C(C)C)N(C)C. The highest BCUT2D eigenvalue weighted by Gasteiger charge is 2.20. The third-order valence-electron chi connectivity index (χ3n) is 3.80. The Morgan fingerprint density at radius 3 is 2.57 bits per heavy atom. The number of carbonyl (C=O) groups excluding carboxylic acids is 1. The van der Waals surface area contributed by atoms with E-state index in [4.69, 9.17) is 15.2 Å². The number of nitrogens with two attached hydrogens (primary N) is 1. The predicted octanol–water partition coefficient (Wildman–Crippen LogP) is 3.19. The van der Waals surface area contributed by atoms with Crippen LogP contribution in [0, 0.1) is 5.92 Å². The van der Waals surface area contributed by atoms with E-state index in [1.54, 1.807) is 18.2 Å². The van der Waals surface area contributed by atoms with E-state index in [1.165, 1.54) is 0 Å².